The van der Waals surface area contributed by atoms with Gasteiger partial charge in [0.05, 0.1) is 17.6 Å². The van der Waals surface area contributed by atoms with E-state index in [1.165, 1.54) is 30.3 Å². The fourth-order valence-electron chi connectivity index (χ4n) is 1.96. The van der Waals surface area contributed by atoms with Gasteiger partial charge < -0.3 is 9.64 Å². The molecule has 7 nitrogen and oxygen atoms in total. The number of hydrogen-bond acceptors (Lipinski definition) is 5. The molecule has 0 unspecified atom stereocenters. The predicted octanol–water partition coefficient (Wildman–Crippen LogP) is 2.27. The van der Waals surface area contributed by atoms with Crippen molar-refractivity contribution in [2.75, 3.05) is 14.2 Å². The molecule has 0 saturated heterocycles. The van der Waals surface area contributed by atoms with E-state index in [-0.39, 0.29) is 18.1 Å². The first kappa shape index (κ1) is 15.4. The van der Waals surface area contributed by atoms with E-state index < -0.39 is 4.92 Å². The van der Waals surface area contributed by atoms with Gasteiger partial charge in [-0.3, -0.25) is 14.9 Å². The second kappa shape index (κ2) is 6.66. The van der Waals surface area contributed by atoms with Crippen molar-refractivity contribution in [3.63, 3.8) is 0 Å². The molecular formula is C15H15N3O4. The molecule has 2 rings (SSSR count). The van der Waals surface area contributed by atoms with E-state index >= 15 is 0 Å². The monoisotopic (exact) mass is 301 g/mol. The lowest BCUT2D eigenvalue weighted by Gasteiger charge is -2.17. The fraction of sp³-hybridized carbons (Fsp3) is 0.200. The molecule has 0 N–H and O–H groups in total. The maximum atomic E-state index is 12.3. The smallest absolute Gasteiger partial charge is 0.269 e. The Hall–Kier alpha value is -2.96. The van der Waals surface area contributed by atoms with Crippen LogP contribution in [0.15, 0.2) is 42.6 Å². The SMILES string of the molecule is COc1ccc(C(=O)N(C)Cc2cccc([N+](=O)[O-])c2)cn1. The first-order valence-corrected chi connectivity index (χ1v) is 6.50. The van der Waals surface area contributed by atoms with Gasteiger partial charge in [0, 0.05) is 38.0 Å². The molecule has 0 fully saturated rings. The molecule has 1 aromatic heterocycles. The van der Waals surface area contributed by atoms with Crippen molar-refractivity contribution >= 4 is 11.6 Å². The van der Waals surface area contributed by atoms with Crippen LogP contribution in [0, 0.1) is 10.1 Å². The summed E-state index contributed by atoms with van der Waals surface area (Å²) < 4.78 is 4.94. The predicted molar refractivity (Wildman–Crippen MR) is 79.7 cm³/mol. The van der Waals surface area contributed by atoms with Gasteiger partial charge in [-0.25, -0.2) is 4.98 Å². The maximum Gasteiger partial charge on any atom is 0.269 e. The zero-order valence-electron chi connectivity index (χ0n) is 12.2. The van der Waals surface area contributed by atoms with Gasteiger partial charge in [0.2, 0.25) is 5.88 Å². The number of benzene rings is 1. The van der Waals surface area contributed by atoms with Crippen LogP contribution >= 0.6 is 0 Å². The number of nitro benzene ring substituents is 1. The first-order valence-electron chi connectivity index (χ1n) is 6.50. The largest absolute Gasteiger partial charge is 0.481 e. The number of nitrogens with zero attached hydrogens (tertiary/aromatic N) is 3. The van der Waals surface area contributed by atoms with Crippen molar-refractivity contribution in [1.82, 2.24) is 9.88 Å². The highest BCUT2D eigenvalue weighted by Gasteiger charge is 2.14. The second-order valence-corrected chi connectivity index (χ2v) is 4.68. The summed E-state index contributed by atoms with van der Waals surface area (Å²) >= 11 is 0. The molecule has 1 aromatic carbocycles. The summed E-state index contributed by atoms with van der Waals surface area (Å²) in [6.45, 7) is 0.270. The Morgan fingerprint density at radius 2 is 2.14 bits per heavy atom. The molecule has 0 bridgehead atoms. The number of amides is 1. The lowest BCUT2D eigenvalue weighted by Crippen LogP contribution is -2.26. The van der Waals surface area contributed by atoms with Gasteiger partial charge >= 0.3 is 0 Å². The van der Waals surface area contributed by atoms with Gasteiger partial charge in [-0.05, 0) is 11.6 Å². The highest BCUT2D eigenvalue weighted by atomic mass is 16.6. The third-order valence-corrected chi connectivity index (χ3v) is 3.08. The standard InChI is InChI=1S/C15H15N3O4/c1-17(10-11-4-3-5-13(8-11)18(20)21)15(19)12-6-7-14(22-2)16-9-12/h3-9H,10H2,1-2H3. The topological polar surface area (TPSA) is 85.6 Å². The molecule has 0 aliphatic rings. The number of nitro groups is 1. The minimum Gasteiger partial charge on any atom is -0.481 e. The van der Waals surface area contributed by atoms with Crippen molar-refractivity contribution in [1.29, 1.82) is 0 Å². The summed E-state index contributed by atoms with van der Waals surface area (Å²) in [6, 6.07) is 9.44. The van der Waals surface area contributed by atoms with Gasteiger partial charge in [-0.15, -0.1) is 0 Å². The van der Waals surface area contributed by atoms with Gasteiger partial charge in [0.1, 0.15) is 0 Å². The number of pyridine rings is 1. The third-order valence-electron chi connectivity index (χ3n) is 3.08. The van der Waals surface area contributed by atoms with Crippen molar-refractivity contribution in [3.05, 3.63) is 63.8 Å². The zero-order chi connectivity index (χ0) is 16.1. The Morgan fingerprint density at radius 1 is 1.36 bits per heavy atom. The summed E-state index contributed by atoms with van der Waals surface area (Å²) in [5, 5.41) is 10.8. The van der Waals surface area contributed by atoms with E-state index in [2.05, 4.69) is 4.98 Å². The van der Waals surface area contributed by atoms with Gasteiger partial charge in [-0.1, -0.05) is 12.1 Å². The number of rotatable bonds is 5. The number of hydrogen-bond donors (Lipinski definition) is 0. The first-order chi connectivity index (χ1) is 10.5. The van der Waals surface area contributed by atoms with Crippen LogP contribution in [0.5, 0.6) is 5.88 Å². The number of carbonyl (C=O) groups is 1. The molecule has 1 amide bonds. The Morgan fingerprint density at radius 3 is 2.73 bits per heavy atom. The second-order valence-electron chi connectivity index (χ2n) is 4.68. The van der Waals surface area contributed by atoms with Gasteiger partial charge in [-0.2, -0.15) is 0 Å². The molecular weight excluding hydrogens is 286 g/mol. The molecule has 1 heterocycles. The molecule has 0 aliphatic heterocycles. The van der Waals surface area contributed by atoms with Gasteiger partial charge in [0.25, 0.3) is 11.6 Å². The molecule has 0 saturated carbocycles. The van der Waals surface area contributed by atoms with E-state index in [0.717, 1.165) is 0 Å². The van der Waals surface area contributed by atoms with E-state index in [1.807, 2.05) is 0 Å². The Balaban J connectivity index is 2.10. The minimum atomic E-state index is -0.460. The van der Waals surface area contributed by atoms with Crippen LogP contribution in [0.25, 0.3) is 0 Å². The number of carbonyl (C=O) groups excluding carboxylic acids is 1. The molecule has 7 heteroatoms. The van der Waals surface area contributed by atoms with Crippen LogP contribution in [0.4, 0.5) is 5.69 Å². The highest BCUT2D eigenvalue weighted by Crippen LogP contribution is 2.15. The molecule has 22 heavy (non-hydrogen) atoms. The van der Waals surface area contributed by atoms with Crippen LogP contribution in [0.3, 0.4) is 0 Å². The minimum absolute atomic E-state index is 0.00413. The fourth-order valence-corrected chi connectivity index (χ4v) is 1.96. The molecule has 0 radical (unpaired) electrons. The van der Waals surface area contributed by atoms with E-state index in [4.69, 9.17) is 4.74 Å². The van der Waals surface area contributed by atoms with E-state index in [0.29, 0.717) is 17.0 Å². The molecule has 2 aromatic rings. The number of ether oxygens (including phenoxy) is 1. The quantitative estimate of drug-likeness (QED) is 0.624. The lowest BCUT2D eigenvalue weighted by molar-refractivity contribution is -0.384. The number of aromatic nitrogens is 1. The zero-order valence-corrected chi connectivity index (χ0v) is 12.2. The van der Waals surface area contributed by atoms with E-state index in [9.17, 15) is 14.9 Å². The van der Waals surface area contributed by atoms with Crippen molar-refractivity contribution in [3.8, 4) is 5.88 Å². The Kier molecular flexibility index (Phi) is 4.67. The molecule has 114 valence electrons. The summed E-state index contributed by atoms with van der Waals surface area (Å²) in [5.41, 5.74) is 1.12. The summed E-state index contributed by atoms with van der Waals surface area (Å²) in [7, 11) is 3.13. The normalized spacial score (nSPS) is 10.1. The Bertz CT molecular complexity index is 685. The summed E-state index contributed by atoms with van der Waals surface area (Å²) in [6.07, 6.45) is 1.44. The number of methoxy groups -OCH3 is 1. The molecule has 0 aliphatic carbocycles. The van der Waals surface area contributed by atoms with Crippen LogP contribution in [-0.4, -0.2) is 34.9 Å². The lowest BCUT2D eigenvalue weighted by atomic mass is 10.2. The average Bonchev–Trinajstić information content (AvgIpc) is 2.54. The van der Waals surface area contributed by atoms with Crippen LogP contribution < -0.4 is 4.74 Å². The summed E-state index contributed by atoms with van der Waals surface area (Å²) in [4.78, 5) is 28.0. The van der Waals surface area contributed by atoms with E-state index in [1.54, 1.807) is 31.3 Å². The highest BCUT2D eigenvalue weighted by molar-refractivity contribution is 5.93. The van der Waals surface area contributed by atoms with Crippen LogP contribution in [-0.2, 0) is 6.54 Å². The molecule has 0 spiro atoms. The summed E-state index contributed by atoms with van der Waals surface area (Å²) in [5.74, 6) is 0.208. The van der Waals surface area contributed by atoms with Crippen molar-refractivity contribution in [2.24, 2.45) is 0 Å². The van der Waals surface area contributed by atoms with Crippen molar-refractivity contribution < 1.29 is 14.5 Å². The van der Waals surface area contributed by atoms with Crippen molar-refractivity contribution in [2.45, 2.75) is 6.54 Å². The average molecular weight is 301 g/mol. The van der Waals surface area contributed by atoms with Crippen LogP contribution in [0.2, 0.25) is 0 Å². The third kappa shape index (κ3) is 3.57. The molecule has 0 atom stereocenters. The van der Waals surface area contributed by atoms with Gasteiger partial charge in [0.15, 0.2) is 0 Å². The Labute approximate surface area is 127 Å². The number of non-ortho nitro benzene ring substituents is 1. The van der Waals surface area contributed by atoms with Crippen LogP contribution in [0.1, 0.15) is 15.9 Å². The maximum absolute atomic E-state index is 12.3.